The molecule has 2 N–H and O–H groups in total. The number of aryl methyl sites for hydroxylation is 1. The highest BCUT2D eigenvalue weighted by Crippen LogP contribution is 2.33. The first-order valence-electron chi connectivity index (χ1n) is 5.50. The number of hydrogen-bond donors (Lipinski definition) is 1. The van der Waals surface area contributed by atoms with E-state index in [4.69, 9.17) is 10.5 Å². The fraction of sp³-hybridized carbons (Fsp3) is 0.143. The van der Waals surface area contributed by atoms with E-state index in [9.17, 15) is 4.39 Å². The van der Waals surface area contributed by atoms with Crippen LogP contribution >= 0.6 is 15.9 Å². The molecule has 0 saturated heterocycles. The topological polar surface area (TPSA) is 35.2 Å². The minimum absolute atomic E-state index is 0.287. The molecule has 2 nitrogen and oxygen atoms in total. The Hall–Kier alpha value is -1.55. The number of ether oxygens (including phenoxy) is 1. The molecule has 2 aromatic rings. The fourth-order valence-corrected chi connectivity index (χ4v) is 2.22. The monoisotopic (exact) mass is 309 g/mol. The zero-order valence-electron chi connectivity index (χ0n) is 9.91. The van der Waals surface area contributed by atoms with Gasteiger partial charge in [-0.25, -0.2) is 4.39 Å². The molecule has 0 aliphatic rings. The van der Waals surface area contributed by atoms with Crippen molar-refractivity contribution in [2.45, 2.75) is 13.5 Å². The van der Waals surface area contributed by atoms with E-state index in [-0.39, 0.29) is 11.5 Å². The third-order valence-corrected chi connectivity index (χ3v) is 3.26. The highest BCUT2D eigenvalue weighted by atomic mass is 79.9. The Kier molecular flexibility index (Phi) is 3.87. The Morgan fingerprint density at radius 1 is 1.28 bits per heavy atom. The van der Waals surface area contributed by atoms with E-state index in [1.807, 2.05) is 31.2 Å². The van der Waals surface area contributed by atoms with Gasteiger partial charge >= 0.3 is 0 Å². The van der Waals surface area contributed by atoms with Crippen LogP contribution in [0.3, 0.4) is 0 Å². The number of rotatable bonds is 3. The van der Waals surface area contributed by atoms with Crippen LogP contribution in [0, 0.1) is 12.7 Å². The van der Waals surface area contributed by atoms with E-state index in [2.05, 4.69) is 15.9 Å². The van der Waals surface area contributed by atoms with E-state index in [0.717, 1.165) is 11.1 Å². The summed E-state index contributed by atoms with van der Waals surface area (Å²) >= 11 is 3.25. The minimum atomic E-state index is -0.386. The molecule has 0 atom stereocenters. The number of nitrogen functional groups attached to an aromatic ring is 1. The smallest absolute Gasteiger partial charge is 0.157 e. The van der Waals surface area contributed by atoms with Crippen LogP contribution in [0.1, 0.15) is 11.1 Å². The van der Waals surface area contributed by atoms with Crippen molar-refractivity contribution in [2.75, 3.05) is 5.73 Å². The van der Waals surface area contributed by atoms with Gasteiger partial charge in [0.25, 0.3) is 0 Å². The van der Waals surface area contributed by atoms with E-state index < -0.39 is 0 Å². The molecule has 0 radical (unpaired) electrons. The molecular weight excluding hydrogens is 297 g/mol. The lowest BCUT2D eigenvalue weighted by Crippen LogP contribution is -2.01. The molecule has 0 aliphatic heterocycles. The zero-order chi connectivity index (χ0) is 13.1. The Bertz CT molecular complexity index is 548. The van der Waals surface area contributed by atoms with Crippen molar-refractivity contribution >= 4 is 21.6 Å². The van der Waals surface area contributed by atoms with Gasteiger partial charge < -0.3 is 10.5 Å². The molecule has 94 valence electrons. The molecule has 4 heteroatoms. The summed E-state index contributed by atoms with van der Waals surface area (Å²) in [4.78, 5) is 0. The van der Waals surface area contributed by atoms with E-state index in [1.54, 1.807) is 0 Å². The highest BCUT2D eigenvalue weighted by molar-refractivity contribution is 9.10. The maximum absolute atomic E-state index is 13.1. The summed E-state index contributed by atoms with van der Waals surface area (Å²) in [5.74, 6) is 0.0854. The summed E-state index contributed by atoms with van der Waals surface area (Å²) in [6.45, 7) is 2.42. The molecule has 0 unspecified atom stereocenters. The van der Waals surface area contributed by atoms with Crippen LogP contribution in [0.25, 0.3) is 0 Å². The van der Waals surface area contributed by atoms with Crippen LogP contribution in [0.2, 0.25) is 0 Å². The number of halogens is 2. The molecule has 0 aliphatic carbocycles. The van der Waals surface area contributed by atoms with Gasteiger partial charge in [-0.05, 0) is 40.0 Å². The van der Waals surface area contributed by atoms with Crippen molar-refractivity contribution < 1.29 is 9.13 Å². The molecule has 0 fully saturated rings. The lowest BCUT2D eigenvalue weighted by molar-refractivity contribution is 0.305. The summed E-state index contributed by atoms with van der Waals surface area (Å²) < 4.78 is 19.2. The second-order valence-electron chi connectivity index (χ2n) is 4.02. The first-order chi connectivity index (χ1) is 8.58. The number of nitrogens with two attached hydrogens (primary N) is 1. The number of hydrogen-bond acceptors (Lipinski definition) is 2. The van der Waals surface area contributed by atoms with E-state index in [0.29, 0.717) is 16.8 Å². The predicted molar refractivity (Wildman–Crippen MR) is 74.0 cm³/mol. The van der Waals surface area contributed by atoms with E-state index in [1.165, 1.54) is 12.1 Å². The molecule has 18 heavy (non-hydrogen) atoms. The molecule has 0 saturated carbocycles. The van der Waals surface area contributed by atoms with Gasteiger partial charge in [-0.1, -0.05) is 24.3 Å². The summed E-state index contributed by atoms with van der Waals surface area (Å²) in [7, 11) is 0. The van der Waals surface area contributed by atoms with Gasteiger partial charge in [0, 0.05) is 6.07 Å². The van der Waals surface area contributed by atoms with Gasteiger partial charge in [0.1, 0.15) is 12.4 Å². The lowest BCUT2D eigenvalue weighted by Gasteiger charge is -2.12. The maximum atomic E-state index is 13.1. The van der Waals surface area contributed by atoms with Crippen molar-refractivity contribution in [3.8, 4) is 5.75 Å². The third kappa shape index (κ3) is 2.82. The first-order valence-corrected chi connectivity index (χ1v) is 6.29. The van der Waals surface area contributed by atoms with Crippen molar-refractivity contribution in [1.29, 1.82) is 0 Å². The molecule has 0 amide bonds. The van der Waals surface area contributed by atoms with Crippen LogP contribution in [0.15, 0.2) is 40.9 Å². The molecule has 0 spiro atoms. The van der Waals surface area contributed by atoms with Gasteiger partial charge in [0.05, 0.1) is 10.2 Å². The molecule has 0 aromatic heterocycles. The highest BCUT2D eigenvalue weighted by Gasteiger charge is 2.09. The predicted octanol–water partition coefficient (Wildman–Crippen LogP) is 4.06. The van der Waals surface area contributed by atoms with Crippen LogP contribution in [-0.2, 0) is 6.61 Å². The average molecular weight is 310 g/mol. The van der Waals surface area contributed by atoms with Gasteiger partial charge in [-0.2, -0.15) is 0 Å². The van der Waals surface area contributed by atoms with Crippen LogP contribution in [0.4, 0.5) is 10.1 Å². The zero-order valence-corrected chi connectivity index (χ0v) is 11.5. The van der Waals surface area contributed by atoms with Crippen molar-refractivity contribution in [2.24, 2.45) is 0 Å². The molecule has 2 aromatic carbocycles. The molecule has 2 rings (SSSR count). The molecular formula is C14H13BrFNO. The average Bonchev–Trinajstić information content (AvgIpc) is 2.30. The Morgan fingerprint density at radius 2 is 2.00 bits per heavy atom. The number of benzene rings is 2. The normalized spacial score (nSPS) is 10.4. The van der Waals surface area contributed by atoms with Gasteiger partial charge in [-0.3, -0.25) is 0 Å². The Labute approximate surface area is 114 Å². The first kappa shape index (κ1) is 12.9. The van der Waals surface area contributed by atoms with Crippen molar-refractivity contribution in [3.05, 3.63) is 57.8 Å². The van der Waals surface area contributed by atoms with E-state index >= 15 is 0 Å². The Morgan fingerprint density at radius 3 is 2.67 bits per heavy atom. The standard InChI is InChI=1S/C14H13BrFNO/c1-9-4-2-3-5-10(9)8-18-14-12(15)6-11(16)7-13(14)17/h2-7H,8,17H2,1H3. The van der Waals surface area contributed by atoms with Crippen molar-refractivity contribution in [3.63, 3.8) is 0 Å². The quantitative estimate of drug-likeness (QED) is 0.868. The van der Waals surface area contributed by atoms with Crippen LogP contribution < -0.4 is 10.5 Å². The fourth-order valence-electron chi connectivity index (χ4n) is 1.65. The SMILES string of the molecule is Cc1ccccc1COc1c(N)cc(F)cc1Br. The van der Waals surface area contributed by atoms with Crippen LogP contribution in [0.5, 0.6) is 5.75 Å². The summed E-state index contributed by atoms with van der Waals surface area (Å²) in [5.41, 5.74) is 8.24. The third-order valence-electron chi connectivity index (χ3n) is 2.67. The summed E-state index contributed by atoms with van der Waals surface area (Å²) in [6.07, 6.45) is 0. The van der Waals surface area contributed by atoms with Gasteiger partial charge in [-0.15, -0.1) is 0 Å². The lowest BCUT2D eigenvalue weighted by atomic mass is 10.1. The number of anilines is 1. The van der Waals surface area contributed by atoms with Crippen LogP contribution in [-0.4, -0.2) is 0 Å². The molecule has 0 heterocycles. The second-order valence-corrected chi connectivity index (χ2v) is 4.88. The molecule has 0 bridgehead atoms. The summed E-state index contributed by atoms with van der Waals surface area (Å²) in [6, 6.07) is 10.5. The second kappa shape index (κ2) is 5.40. The van der Waals surface area contributed by atoms with Gasteiger partial charge in [0.15, 0.2) is 5.75 Å². The summed E-state index contributed by atoms with van der Waals surface area (Å²) in [5, 5.41) is 0. The van der Waals surface area contributed by atoms with Crippen molar-refractivity contribution in [1.82, 2.24) is 0 Å². The minimum Gasteiger partial charge on any atom is -0.486 e. The maximum Gasteiger partial charge on any atom is 0.157 e. The largest absolute Gasteiger partial charge is 0.486 e. The Balaban J connectivity index is 2.19. The van der Waals surface area contributed by atoms with Gasteiger partial charge in [0.2, 0.25) is 0 Å².